The summed E-state index contributed by atoms with van der Waals surface area (Å²) in [4.78, 5) is 1.98. The molecule has 1 fully saturated rings. The summed E-state index contributed by atoms with van der Waals surface area (Å²) in [7, 11) is 0. The molecule has 1 nitrogen and oxygen atoms in total. The summed E-state index contributed by atoms with van der Waals surface area (Å²) in [6, 6.07) is 4.71. The van der Waals surface area contributed by atoms with Crippen LogP contribution in [0.5, 0.6) is 0 Å². The highest BCUT2D eigenvalue weighted by molar-refractivity contribution is 5.75. The molecule has 1 aliphatic carbocycles. The van der Waals surface area contributed by atoms with Crippen molar-refractivity contribution < 1.29 is 13.2 Å². The van der Waals surface area contributed by atoms with E-state index in [0.717, 1.165) is 25.7 Å². The molecule has 0 bridgehead atoms. The van der Waals surface area contributed by atoms with Crippen molar-refractivity contribution in [2.24, 2.45) is 5.92 Å². The molecule has 1 saturated carbocycles. The number of para-hydroxylation sites is 1. The Balaban J connectivity index is 1.99. The second kappa shape index (κ2) is 5.39. The number of hydrogen-bond acceptors (Lipinski definition) is 1. The lowest BCUT2D eigenvalue weighted by Crippen LogP contribution is -2.40. The third-order valence-corrected chi connectivity index (χ3v) is 4.69. The van der Waals surface area contributed by atoms with E-state index >= 15 is 0 Å². The van der Waals surface area contributed by atoms with Gasteiger partial charge >= 0.3 is 6.18 Å². The first kappa shape index (κ1) is 14.5. The van der Waals surface area contributed by atoms with Gasteiger partial charge in [-0.2, -0.15) is 13.2 Å². The summed E-state index contributed by atoms with van der Waals surface area (Å²) in [5.41, 5.74) is 0.574. The largest absolute Gasteiger partial charge is 0.418 e. The minimum Gasteiger partial charge on any atom is -0.364 e. The van der Waals surface area contributed by atoms with Crippen LogP contribution >= 0.6 is 0 Å². The van der Waals surface area contributed by atoms with Gasteiger partial charge in [0.25, 0.3) is 0 Å². The number of benzene rings is 1. The zero-order chi connectivity index (χ0) is 15.0. The maximum atomic E-state index is 13.3. The van der Waals surface area contributed by atoms with Crippen molar-refractivity contribution in [1.29, 1.82) is 0 Å². The third kappa shape index (κ3) is 2.81. The molecule has 2 aliphatic rings. The van der Waals surface area contributed by atoms with Crippen molar-refractivity contribution in [3.8, 4) is 0 Å². The van der Waals surface area contributed by atoms with Crippen LogP contribution in [0.1, 0.15) is 43.7 Å². The fourth-order valence-corrected chi connectivity index (χ4v) is 3.52. The molecule has 1 aliphatic heterocycles. The highest BCUT2D eigenvalue weighted by atomic mass is 19.4. The van der Waals surface area contributed by atoms with Gasteiger partial charge in [-0.15, -0.1) is 0 Å². The van der Waals surface area contributed by atoms with Gasteiger partial charge in [-0.1, -0.05) is 31.2 Å². The SMILES string of the molecule is CC1CCC(N2CC=Cc3cccc(C(F)(F)F)c32)CC1. The maximum absolute atomic E-state index is 13.3. The van der Waals surface area contributed by atoms with Gasteiger partial charge in [0.15, 0.2) is 0 Å². The Bertz CT molecular complexity index is 539. The molecule has 3 rings (SSSR count). The molecule has 0 saturated heterocycles. The van der Waals surface area contributed by atoms with Crippen LogP contribution in [0, 0.1) is 5.92 Å². The van der Waals surface area contributed by atoms with Gasteiger partial charge in [-0.25, -0.2) is 0 Å². The lowest BCUT2D eigenvalue weighted by molar-refractivity contribution is -0.137. The first-order valence-corrected chi connectivity index (χ1v) is 7.60. The van der Waals surface area contributed by atoms with E-state index in [1.807, 2.05) is 17.1 Å². The van der Waals surface area contributed by atoms with Gasteiger partial charge in [0.2, 0.25) is 0 Å². The van der Waals surface area contributed by atoms with E-state index in [1.165, 1.54) is 12.1 Å². The van der Waals surface area contributed by atoms with E-state index in [-0.39, 0.29) is 6.04 Å². The van der Waals surface area contributed by atoms with E-state index < -0.39 is 11.7 Å². The zero-order valence-electron chi connectivity index (χ0n) is 12.2. The molecule has 1 aromatic rings. The standard InChI is InChI=1S/C17H20F3N/c1-12-7-9-14(10-8-12)21-11-3-5-13-4-2-6-15(16(13)21)17(18,19)20/h2-6,12,14H,7-11H2,1H3. The molecular weight excluding hydrogens is 275 g/mol. The lowest BCUT2D eigenvalue weighted by atomic mass is 9.85. The van der Waals surface area contributed by atoms with Crippen molar-refractivity contribution in [3.05, 3.63) is 35.4 Å². The van der Waals surface area contributed by atoms with E-state index in [0.29, 0.717) is 23.7 Å². The van der Waals surface area contributed by atoms with Crippen molar-refractivity contribution >= 4 is 11.8 Å². The zero-order valence-corrected chi connectivity index (χ0v) is 12.2. The number of alkyl halides is 3. The molecule has 0 spiro atoms. The summed E-state index contributed by atoms with van der Waals surface area (Å²) in [5.74, 6) is 0.693. The van der Waals surface area contributed by atoms with Gasteiger partial charge in [-0.3, -0.25) is 0 Å². The Morgan fingerprint density at radius 3 is 2.48 bits per heavy atom. The molecule has 1 aromatic carbocycles. The molecule has 0 aromatic heterocycles. The summed E-state index contributed by atoms with van der Waals surface area (Å²) >= 11 is 0. The predicted molar refractivity (Wildman–Crippen MR) is 79.2 cm³/mol. The summed E-state index contributed by atoms with van der Waals surface area (Å²) < 4.78 is 40.0. The minimum absolute atomic E-state index is 0.230. The van der Waals surface area contributed by atoms with Crippen LogP contribution in [0.3, 0.4) is 0 Å². The van der Waals surface area contributed by atoms with Crippen molar-refractivity contribution in [2.75, 3.05) is 11.4 Å². The molecule has 1 heterocycles. The second-order valence-electron chi connectivity index (χ2n) is 6.21. The number of nitrogens with zero attached hydrogens (tertiary/aromatic N) is 1. The average Bonchev–Trinajstić information content (AvgIpc) is 2.46. The number of fused-ring (bicyclic) bond motifs is 1. The van der Waals surface area contributed by atoms with Crippen molar-refractivity contribution in [3.63, 3.8) is 0 Å². The van der Waals surface area contributed by atoms with Crippen molar-refractivity contribution in [1.82, 2.24) is 0 Å². The third-order valence-electron chi connectivity index (χ3n) is 4.69. The molecular formula is C17H20F3N. The van der Waals surface area contributed by atoms with Gasteiger partial charge in [-0.05, 0) is 43.2 Å². The van der Waals surface area contributed by atoms with Gasteiger partial charge in [0, 0.05) is 12.6 Å². The molecule has 114 valence electrons. The Kier molecular flexibility index (Phi) is 3.72. The molecule has 0 atom stereocenters. The van der Waals surface area contributed by atoms with Crippen molar-refractivity contribution in [2.45, 2.75) is 44.8 Å². The van der Waals surface area contributed by atoms with Crippen LogP contribution in [-0.4, -0.2) is 12.6 Å². The highest BCUT2D eigenvalue weighted by Gasteiger charge is 2.38. The number of rotatable bonds is 1. The number of anilines is 1. The maximum Gasteiger partial charge on any atom is 0.418 e. The number of hydrogen-bond donors (Lipinski definition) is 0. The molecule has 21 heavy (non-hydrogen) atoms. The van der Waals surface area contributed by atoms with E-state index in [1.54, 1.807) is 6.07 Å². The monoisotopic (exact) mass is 295 g/mol. The Labute approximate surface area is 123 Å². The molecule has 0 radical (unpaired) electrons. The van der Waals surface area contributed by atoms with Crippen LogP contribution in [-0.2, 0) is 6.18 Å². The highest BCUT2D eigenvalue weighted by Crippen LogP contribution is 2.42. The average molecular weight is 295 g/mol. The van der Waals surface area contributed by atoms with E-state index in [4.69, 9.17) is 0 Å². The smallest absolute Gasteiger partial charge is 0.364 e. The van der Waals surface area contributed by atoms with Crippen LogP contribution in [0.15, 0.2) is 24.3 Å². The van der Waals surface area contributed by atoms with Crippen LogP contribution in [0.4, 0.5) is 18.9 Å². The Hall–Kier alpha value is -1.45. The van der Waals surface area contributed by atoms with E-state index in [9.17, 15) is 13.2 Å². The Morgan fingerprint density at radius 2 is 1.81 bits per heavy atom. The first-order chi connectivity index (χ1) is 9.97. The quantitative estimate of drug-likeness (QED) is 0.695. The fourth-order valence-electron chi connectivity index (χ4n) is 3.52. The lowest BCUT2D eigenvalue weighted by Gasteiger charge is -2.40. The first-order valence-electron chi connectivity index (χ1n) is 7.60. The fraction of sp³-hybridized carbons (Fsp3) is 0.529. The minimum atomic E-state index is -4.29. The summed E-state index contributed by atoms with van der Waals surface area (Å²) in [5, 5.41) is 0. The molecule has 0 N–H and O–H groups in total. The topological polar surface area (TPSA) is 3.24 Å². The summed E-state index contributed by atoms with van der Waals surface area (Å²) in [6.45, 7) is 2.81. The molecule has 4 heteroatoms. The Morgan fingerprint density at radius 1 is 1.10 bits per heavy atom. The van der Waals surface area contributed by atoms with Gasteiger partial charge in [0.1, 0.15) is 0 Å². The summed E-state index contributed by atoms with van der Waals surface area (Å²) in [6.07, 6.45) is 3.67. The number of halogens is 3. The molecule has 0 unspecified atom stereocenters. The van der Waals surface area contributed by atoms with Gasteiger partial charge < -0.3 is 4.90 Å². The van der Waals surface area contributed by atoms with Crippen LogP contribution in [0.25, 0.3) is 6.08 Å². The van der Waals surface area contributed by atoms with Crippen LogP contribution < -0.4 is 4.90 Å². The normalized spacial score (nSPS) is 25.8. The van der Waals surface area contributed by atoms with Gasteiger partial charge in [0.05, 0.1) is 11.3 Å². The van der Waals surface area contributed by atoms with E-state index in [2.05, 4.69) is 6.92 Å². The van der Waals surface area contributed by atoms with Crippen LogP contribution in [0.2, 0.25) is 0 Å². The second-order valence-corrected chi connectivity index (χ2v) is 6.21. The predicted octanol–water partition coefficient (Wildman–Crippen LogP) is 5.12. The molecule has 0 amide bonds.